The van der Waals surface area contributed by atoms with E-state index in [0.29, 0.717) is 3.58 Å². The SMILES string of the molecule is C=C1NC(=O)C(I)=CN1[C@@H]1OC(COP(=O)(O)O)C(O)[C@H]1O.Cc1cn([C@@H]2OC(COP(=O)(O)O)C(O)[C@H]2O)c(=O)[nH]c1=O. The second-order valence-electron chi connectivity index (χ2n) is 9.43. The van der Waals surface area contributed by atoms with Crippen molar-refractivity contribution in [2.45, 2.75) is 56.0 Å². The van der Waals surface area contributed by atoms with Gasteiger partial charge in [0.1, 0.15) is 42.4 Å². The number of carbonyl (C=O) groups excluding carboxylic acids is 1. The molecule has 0 spiro atoms. The molecule has 1 amide bonds. The molecule has 4 unspecified atom stereocenters. The van der Waals surface area contributed by atoms with Crippen molar-refractivity contribution >= 4 is 44.1 Å². The molecule has 2 fully saturated rings. The van der Waals surface area contributed by atoms with Crippen molar-refractivity contribution in [3.63, 3.8) is 0 Å². The van der Waals surface area contributed by atoms with E-state index in [1.807, 2.05) is 4.98 Å². The largest absolute Gasteiger partial charge is 0.469 e. The second kappa shape index (κ2) is 14.3. The molecule has 24 heteroatoms. The molecule has 10 N–H and O–H groups in total. The molecule has 1 aromatic heterocycles. The lowest BCUT2D eigenvalue weighted by molar-refractivity contribution is -0.118. The number of nitrogens with zero attached hydrogens (tertiary/aromatic N) is 2. The number of aliphatic hydroxyl groups excluding tert-OH is 4. The fourth-order valence-electron chi connectivity index (χ4n) is 4.05. The van der Waals surface area contributed by atoms with E-state index in [1.54, 1.807) is 22.6 Å². The van der Waals surface area contributed by atoms with Gasteiger partial charge in [-0.2, -0.15) is 0 Å². The Morgan fingerprint density at radius 3 is 1.89 bits per heavy atom. The summed E-state index contributed by atoms with van der Waals surface area (Å²) in [6.07, 6.45) is -8.19. The summed E-state index contributed by atoms with van der Waals surface area (Å²) in [4.78, 5) is 72.4. The second-order valence-corrected chi connectivity index (χ2v) is 13.1. The van der Waals surface area contributed by atoms with Crippen LogP contribution in [-0.2, 0) is 32.4 Å². The van der Waals surface area contributed by atoms with E-state index in [2.05, 4.69) is 20.9 Å². The van der Waals surface area contributed by atoms with Crippen LogP contribution in [0.2, 0.25) is 0 Å². The van der Waals surface area contributed by atoms with Gasteiger partial charge in [-0.05, 0) is 29.5 Å². The first-order chi connectivity index (χ1) is 20.2. The Kier molecular flexibility index (Phi) is 11.9. The van der Waals surface area contributed by atoms with E-state index in [9.17, 15) is 43.9 Å². The number of nitrogens with one attached hydrogen (secondary N) is 2. The van der Waals surface area contributed by atoms with Crippen molar-refractivity contribution in [3.8, 4) is 0 Å². The molecule has 0 bridgehead atoms. The normalized spacial score (nSPS) is 31.0. The lowest BCUT2D eigenvalue weighted by Crippen LogP contribution is -2.47. The molecule has 248 valence electrons. The average molecular weight is 786 g/mol. The molecule has 44 heavy (non-hydrogen) atoms. The van der Waals surface area contributed by atoms with E-state index in [-0.39, 0.29) is 17.3 Å². The molecule has 3 aliphatic heterocycles. The summed E-state index contributed by atoms with van der Waals surface area (Å²) in [5.41, 5.74) is -1.28. The molecule has 1 aromatic rings. The van der Waals surface area contributed by atoms with E-state index >= 15 is 0 Å². The highest BCUT2D eigenvalue weighted by Gasteiger charge is 2.47. The van der Waals surface area contributed by atoms with Gasteiger partial charge in [-0.15, -0.1) is 0 Å². The molecule has 4 rings (SSSR count). The van der Waals surface area contributed by atoms with Crippen LogP contribution in [0.25, 0.3) is 0 Å². The summed E-state index contributed by atoms with van der Waals surface area (Å²) >= 11 is 1.78. The zero-order valence-corrected chi connectivity index (χ0v) is 26.3. The van der Waals surface area contributed by atoms with Gasteiger partial charge in [-0.1, -0.05) is 6.58 Å². The van der Waals surface area contributed by atoms with Crippen LogP contribution in [0.1, 0.15) is 11.8 Å². The molecular formula is C20H29IN4O17P2. The van der Waals surface area contributed by atoms with Crippen LogP contribution in [0, 0.1) is 6.92 Å². The van der Waals surface area contributed by atoms with Crippen LogP contribution >= 0.6 is 38.2 Å². The lowest BCUT2D eigenvalue weighted by Gasteiger charge is -2.33. The quantitative estimate of drug-likeness (QED) is 0.0895. The Bertz CT molecular complexity index is 1490. The standard InChI is InChI=1S/C10H14IN2O8P.C10H15N2O9P/c1-4-12-9(16)5(11)2-13(4)10-8(15)7(14)6(21-10)3-20-22(17,18)19;1-4-2-12(10(16)11-8(4)15)9-7(14)6(13)5(21-9)3-20-22(17,18)19/h2,6-8,10,14-15H,1,3H2,(H,12,16)(H2,17,18,19);2,5-7,9,13-14H,3H2,1H3,(H,11,15,16)(H2,17,18,19)/t6?,7?,8-,10-;5?,6?,7-,9-/m11/s1. The Hall–Kier alpha value is -1.86. The fraction of sp³-hybridized carbons (Fsp3) is 0.550. The Labute approximate surface area is 259 Å². The number of phosphoric ester groups is 2. The van der Waals surface area contributed by atoms with Crippen LogP contribution in [0.3, 0.4) is 0 Å². The van der Waals surface area contributed by atoms with Crippen molar-refractivity contribution in [3.05, 3.63) is 54.8 Å². The molecule has 3 aliphatic rings. The predicted molar refractivity (Wildman–Crippen MR) is 150 cm³/mol. The fourth-order valence-corrected chi connectivity index (χ4v) is 5.17. The number of aliphatic hydroxyl groups is 4. The summed E-state index contributed by atoms with van der Waals surface area (Å²) in [5, 5.41) is 42.1. The third kappa shape index (κ3) is 9.11. The first kappa shape index (κ1) is 36.6. The Balaban J connectivity index is 0.000000240. The number of ether oxygens (including phenoxy) is 2. The van der Waals surface area contributed by atoms with Crippen molar-refractivity contribution in [2.24, 2.45) is 0 Å². The van der Waals surface area contributed by atoms with E-state index in [4.69, 9.17) is 29.0 Å². The third-order valence-corrected chi connectivity index (χ3v) is 7.96. The van der Waals surface area contributed by atoms with Crippen LogP contribution in [0.4, 0.5) is 0 Å². The van der Waals surface area contributed by atoms with Crippen LogP contribution in [0.5, 0.6) is 0 Å². The Morgan fingerprint density at radius 1 is 0.909 bits per heavy atom. The highest BCUT2D eigenvalue weighted by atomic mass is 127. The molecule has 4 heterocycles. The minimum absolute atomic E-state index is 0.137. The van der Waals surface area contributed by atoms with Gasteiger partial charge in [0, 0.05) is 18.0 Å². The minimum atomic E-state index is -4.77. The predicted octanol–water partition coefficient (Wildman–Crippen LogP) is -3.70. The molecule has 8 atom stereocenters. The van der Waals surface area contributed by atoms with Crippen LogP contribution in [-0.4, -0.2) is 116 Å². The highest BCUT2D eigenvalue weighted by Crippen LogP contribution is 2.39. The minimum Gasteiger partial charge on any atom is -0.387 e. The van der Waals surface area contributed by atoms with Gasteiger partial charge >= 0.3 is 21.3 Å². The van der Waals surface area contributed by atoms with E-state index in [1.165, 1.54) is 18.0 Å². The lowest BCUT2D eigenvalue weighted by atomic mass is 10.1. The first-order valence-electron chi connectivity index (χ1n) is 12.1. The summed E-state index contributed by atoms with van der Waals surface area (Å²) in [7, 11) is -9.49. The smallest absolute Gasteiger partial charge is 0.387 e. The van der Waals surface area contributed by atoms with E-state index in [0.717, 1.165) is 10.8 Å². The maximum Gasteiger partial charge on any atom is 0.469 e. The van der Waals surface area contributed by atoms with Crippen LogP contribution < -0.4 is 16.6 Å². The summed E-state index contributed by atoms with van der Waals surface area (Å²) in [6.45, 7) is 3.75. The van der Waals surface area contributed by atoms with Gasteiger partial charge in [-0.3, -0.25) is 28.2 Å². The van der Waals surface area contributed by atoms with Gasteiger partial charge in [0.15, 0.2) is 12.5 Å². The molecule has 0 aromatic carbocycles. The van der Waals surface area contributed by atoms with Crippen molar-refractivity contribution in [2.75, 3.05) is 13.2 Å². The molecule has 0 saturated carbocycles. The number of aromatic amines is 1. The number of carbonyl (C=O) groups is 1. The number of H-pyrrole nitrogens is 1. The molecule has 0 radical (unpaired) electrons. The summed E-state index contributed by atoms with van der Waals surface area (Å²) in [5.74, 6) is -0.227. The number of halogens is 1. The number of phosphoric acid groups is 2. The van der Waals surface area contributed by atoms with Gasteiger partial charge in [-0.25, -0.2) is 13.9 Å². The number of hydrogen-bond acceptors (Lipinski definition) is 14. The molecule has 21 nitrogen and oxygen atoms in total. The number of amides is 1. The van der Waals surface area contributed by atoms with Gasteiger partial charge in [0.2, 0.25) is 0 Å². The topological polar surface area (TPSA) is 320 Å². The number of hydrogen-bond donors (Lipinski definition) is 10. The number of aromatic nitrogens is 2. The van der Waals surface area contributed by atoms with Crippen molar-refractivity contribution < 1.29 is 72.4 Å². The van der Waals surface area contributed by atoms with Crippen molar-refractivity contribution in [1.82, 2.24) is 19.8 Å². The summed E-state index contributed by atoms with van der Waals surface area (Å²) < 4.78 is 41.6. The zero-order chi connectivity index (χ0) is 33.3. The number of aryl methyl sites for hydroxylation is 1. The average Bonchev–Trinajstić information content (AvgIpc) is 3.35. The zero-order valence-electron chi connectivity index (χ0n) is 22.3. The third-order valence-electron chi connectivity index (χ3n) is 6.22. The molecular weight excluding hydrogens is 757 g/mol. The van der Waals surface area contributed by atoms with Gasteiger partial charge < -0.3 is 59.7 Å². The highest BCUT2D eigenvalue weighted by molar-refractivity contribution is 14.1. The van der Waals surface area contributed by atoms with E-state index < -0.39 is 89.2 Å². The van der Waals surface area contributed by atoms with Crippen molar-refractivity contribution in [1.29, 1.82) is 0 Å². The van der Waals surface area contributed by atoms with Gasteiger partial charge in [0.25, 0.3) is 11.5 Å². The monoisotopic (exact) mass is 786 g/mol. The van der Waals surface area contributed by atoms with Gasteiger partial charge in [0.05, 0.1) is 16.8 Å². The number of rotatable bonds is 8. The first-order valence-corrected chi connectivity index (χ1v) is 16.3. The molecule has 0 aliphatic carbocycles. The maximum absolute atomic E-state index is 11.7. The van der Waals surface area contributed by atoms with Crippen LogP contribution in [0.15, 0.2) is 38.0 Å². The maximum atomic E-state index is 11.7. The summed E-state index contributed by atoms with van der Waals surface area (Å²) in [6, 6.07) is 0. The Morgan fingerprint density at radius 2 is 1.39 bits per heavy atom. The molecule has 2 saturated heterocycles.